The van der Waals surface area contributed by atoms with Crippen LogP contribution in [0.25, 0.3) is 17.1 Å². The van der Waals surface area contributed by atoms with Crippen LogP contribution in [0.4, 0.5) is 5.69 Å². The van der Waals surface area contributed by atoms with Crippen molar-refractivity contribution in [3.8, 4) is 17.1 Å². The van der Waals surface area contributed by atoms with Gasteiger partial charge >= 0.3 is 0 Å². The Morgan fingerprint density at radius 2 is 2.00 bits per heavy atom. The van der Waals surface area contributed by atoms with E-state index < -0.39 is 0 Å². The molecule has 0 aliphatic rings. The van der Waals surface area contributed by atoms with E-state index in [1.807, 2.05) is 30.3 Å². The van der Waals surface area contributed by atoms with E-state index in [9.17, 15) is 0 Å². The molecule has 2 aromatic carbocycles. The van der Waals surface area contributed by atoms with Crippen LogP contribution in [0.1, 0.15) is 0 Å². The Hall–Kier alpha value is -1.92. The molecule has 5 nitrogen and oxygen atoms in total. The molecular formula is C13H9BrClN5. The maximum atomic E-state index is 6.00. The predicted molar refractivity (Wildman–Crippen MR) is 81.7 cm³/mol. The maximum Gasteiger partial charge on any atom is 0.187 e. The van der Waals surface area contributed by atoms with Crippen LogP contribution in [0, 0.1) is 0 Å². The van der Waals surface area contributed by atoms with Gasteiger partial charge < -0.3 is 5.73 Å². The SMILES string of the molecule is Nc1cc(-c2nnnn2-c2cccc(Cl)c2)ccc1Br. The van der Waals surface area contributed by atoms with E-state index in [1.165, 1.54) is 0 Å². The number of nitrogens with zero attached hydrogens (tertiary/aromatic N) is 4. The van der Waals surface area contributed by atoms with Crippen molar-refractivity contribution in [2.75, 3.05) is 5.73 Å². The van der Waals surface area contributed by atoms with E-state index in [2.05, 4.69) is 31.5 Å². The molecule has 3 aromatic rings. The van der Waals surface area contributed by atoms with Crippen molar-refractivity contribution in [3.63, 3.8) is 0 Å². The molecule has 0 radical (unpaired) electrons. The zero-order chi connectivity index (χ0) is 14.1. The molecule has 0 spiro atoms. The van der Waals surface area contributed by atoms with Crippen LogP contribution >= 0.6 is 27.5 Å². The van der Waals surface area contributed by atoms with Gasteiger partial charge in [0.2, 0.25) is 0 Å². The minimum absolute atomic E-state index is 0.603. The Morgan fingerprint density at radius 3 is 2.75 bits per heavy atom. The lowest BCUT2D eigenvalue weighted by Gasteiger charge is -2.06. The van der Waals surface area contributed by atoms with Gasteiger partial charge in [0.1, 0.15) is 0 Å². The molecule has 0 unspecified atom stereocenters. The number of benzene rings is 2. The van der Waals surface area contributed by atoms with Gasteiger partial charge in [-0.3, -0.25) is 0 Å². The quantitative estimate of drug-likeness (QED) is 0.720. The van der Waals surface area contributed by atoms with Crippen molar-refractivity contribution in [2.45, 2.75) is 0 Å². The maximum absolute atomic E-state index is 6.00. The first kappa shape index (κ1) is 13.1. The molecule has 0 aliphatic heterocycles. The second-order valence-electron chi connectivity index (χ2n) is 4.13. The van der Waals surface area contributed by atoms with E-state index in [0.29, 0.717) is 16.5 Å². The van der Waals surface area contributed by atoms with Gasteiger partial charge in [0.05, 0.1) is 5.69 Å². The summed E-state index contributed by atoms with van der Waals surface area (Å²) >= 11 is 9.36. The van der Waals surface area contributed by atoms with Crippen molar-refractivity contribution in [2.24, 2.45) is 0 Å². The highest BCUT2D eigenvalue weighted by Crippen LogP contribution is 2.27. The fraction of sp³-hybridized carbons (Fsp3) is 0. The normalized spacial score (nSPS) is 10.7. The monoisotopic (exact) mass is 349 g/mol. The zero-order valence-electron chi connectivity index (χ0n) is 10.2. The van der Waals surface area contributed by atoms with Crippen LogP contribution in [0.3, 0.4) is 0 Å². The minimum atomic E-state index is 0.603. The molecule has 20 heavy (non-hydrogen) atoms. The van der Waals surface area contributed by atoms with Crippen LogP contribution in [-0.4, -0.2) is 20.2 Å². The largest absolute Gasteiger partial charge is 0.398 e. The lowest BCUT2D eigenvalue weighted by atomic mass is 10.2. The number of nitrogen functional groups attached to an aromatic ring is 1. The predicted octanol–water partition coefficient (Wildman–Crippen LogP) is 3.33. The number of anilines is 1. The first-order valence-corrected chi connectivity index (χ1v) is 6.92. The summed E-state index contributed by atoms with van der Waals surface area (Å²) < 4.78 is 2.46. The summed E-state index contributed by atoms with van der Waals surface area (Å²) in [6.45, 7) is 0. The van der Waals surface area contributed by atoms with Crippen LogP contribution in [0.2, 0.25) is 5.02 Å². The van der Waals surface area contributed by atoms with Crippen LogP contribution in [0.15, 0.2) is 46.9 Å². The standard InChI is InChI=1S/C13H9BrClN5/c14-11-5-4-8(6-12(11)16)13-17-18-19-20(13)10-3-1-2-9(15)7-10/h1-7H,16H2. The molecular weight excluding hydrogens is 342 g/mol. The van der Waals surface area contributed by atoms with Gasteiger partial charge in [0.25, 0.3) is 0 Å². The molecule has 3 rings (SSSR count). The van der Waals surface area contributed by atoms with Crippen molar-refractivity contribution in [3.05, 3.63) is 52.0 Å². The van der Waals surface area contributed by atoms with Crippen molar-refractivity contribution >= 4 is 33.2 Å². The molecule has 0 bridgehead atoms. The van der Waals surface area contributed by atoms with Gasteiger partial charge in [-0.1, -0.05) is 17.7 Å². The Morgan fingerprint density at radius 1 is 1.15 bits per heavy atom. The molecule has 1 aromatic heterocycles. The lowest BCUT2D eigenvalue weighted by molar-refractivity contribution is 0.791. The second-order valence-corrected chi connectivity index (χ2v) is 5.42. The highest BCUT2D eigenvalue weighted by Gasteiger charge is 2.12. The second kappa shape index (κ2) is 5.22. The summed E-state index contributed by atoms with van der Waals surface area (Å²) in [7, 11) is 0. The van der Waals surface area contributed by atoms with Crippen molar-refractivity contribution < 1.29 is 0 Å². The van der Waals surface area contributed by atoms with E-state index in [-0.39, 0.29) is 0 Å². The molecule has 7 heteroatoms. The summed E-state index contributed by atoms with van der Waals surface area (Å²) in [4.78, 5) is 0. The van der Waals surface area contributed by atoms with E-state index >= 15 is 0 Å². The number of tetrazole rings is 1. The van der Waals surface area contributed by atoms with Gasteiger partial charge in [0.15, 0.2) is 5.82 Å². The van der Waals surface area contributed by atoms with Crippen LogP contribution in [0.5, 0.6) is 0 Å². The molecule has 0 amide bonds. The number of hydrogen-bond donors (Lipinski definition) is 1. The number of hydrogen-bond acceptors (Lipinski definition) is 4. The van der Waals surface area contributed by atoms with E-state index in [0.717, 1.165) is 15.7 Å². The fourth-order valence-corrected chi connectivity index (χ4v) is 2.26. The number of nitrogens with two attached hydrogens (primary N) is 1. The number of halogens is 2. The summed E-state index contributed by atoms with van der Waals surface area (Å²) in [5, 5.41) is 12.4. The van der Waals surface area contributed by atoms with Gasteiger partial charge in [0, 0.05) is 20.7 Å². The number of aromatic nitrogens is 4. The number of rotatable bonds is 2. The first-order valence-electron chi connectivity index (χ1n) is 5.75. The molecule has 100 valence electrons. The Labute approximate surface area is 128 Å². The minimum Gasteiger partial charge on any atom is -0.398 e. The van der Waals surface area contributed by atoms with Crippen molar-refractivity contribution in [1.29, 1.82) is 0 Å². The Balaban J connectivity index is 2.12. The smallest absolute Gasteiger partial charge is 0.187 e. The lowest BCUT2D eigenvalue weighted by Crippen LogP contribution is -2.00. The third-order valence-electron chi connectivity index (χ3n) is 2.78. The van der Waals surface area contributed by atoms with Crippen LogP contribution < -0.4 is 5.73 Å². The van der Waals surface area contributed by atoms with Gasteiger partial charge in [-0.2, -0.15) is 4.68 Å². The van der Waals surface area contributed by atoms with E-state index in [4.69, 9.17) is 17.3 Å². The Kier molecular flexibility index (Phi) is 3.42. The summed E-state index contributed by atoms with van der Waals surface area (Å²) in [5.41, 5.74) is 8.14. The third-order valence-corrected chi connectivity index (χ3v) is 3.73. The van der Waals surface area contributed by atoms with Gasteiger partial charge in [-0.05, 0) is 62.8 Å². The topological polar surface area (TPSA) is 69.6 Å². The highest BCUT2D eigenvalue weighted by atomic mass is 79.9. The molecule has 0 fully saturated rings. The average Bonchev–Trinajstić information content (AvgIpc) is 2.91. The molecule has 0 aliphatic carbocycles. The molecule has 0 saturated heterocycles. The summed E-state index contributed by atoms with van der Waals surface area (Å²) in [5.74, 6) is 0.603. The first-order chi connectivity index (χ1) is 9.65. The van der Waals surface area contributed by atoms with Gasteiger partial charge in [-0.25, -0.2) is 0 Å². The molecule has 0 atom stereocenters. The molecule has 1 heterocycles. The van der Waals surface area contributed by atoms with Crippen molar-refractivity contribution in [1.82, 2.24) is 20.2 Å². The third kappa shape index (κ3) is 2.39. The van der Waals surface area contributed by atoms with Gasteiger partial charge in [-0.15, -0.1) is 5.10 Å². The molecule has 0 saturated carbocycles. The zero-order valence-corrected chi connectivity index (χ0v) is 12.5. The summed E-state index contributed by atoms with van der Waals surface area (Å²) in [6.07, 6.45) is 0. The fourth-order valence-electron chi connectivity index (χ4n) is 1.83. The highest BCUT2D eigenvalue weighted by molar-refractivity contribution is 9.10. The van der Waals surface area contributed by atoms with Crippen LogP contribution in [-0.2, 0) is 0 Å². The van der Waals surface area contributed by atoms with E-state index in [1.54, 1.807) is 16.8 Å². The average molecular weight is 351 g/mol. The Bertz CT molecular complexity index is 771. The summed E-state index contributed by atoms with van der Waals surface area (Å²) in [6, 6.07) is 12.9. The molecule has 2 N–H and O–H groups in total.